The summed E-state index contributed by atoms with van der Waals surface area (Å²) < 4.78 is 25.5. The van der Waals surface area contributed by atoms with Crippen molar-refractivity contribution < 1.29 is 13.2 Å². The largest absolute Gasteiger partial charge is 0.398 e. The van der Waals surface area contributed by atoms with E-state index in [4.69, 9.17) is 11.5 Å². The maximum atomic E-state index is 12.3. The first kappa shape index (κ1) is 14.5. The maximum absolute atomic E-state index is 12.3. The Bertz CT molecular complexity index is 555. The number of sulfonamides is 1. The molecule has 0 aromatic heterocycles. The number of nitrogen functional groups attached to an aromatic ring is 1. The van der Waals surface area contributed by atoms with Crippen molar-refractivity contribution >= 4 is 21.6 Å². The highest BCUT2D eigenvalue weighted by Crippen LogP contribution is 2.23. The molecule has 0 aliphatic rings. The third-order valence-electron chi connectivity index (χ3n) is 2.47. The Hall–Kier alpha value is -1.60. The van der Waals surface area contributed by atoms with E-state index in [2.05, 4.69) is 0 Å². The Morgan fingerprint density at radius 1 is 1.39 bits per heavy atom. The first-order valence-corrected chi connectivity index (χ1v) is 6.87. The Morgan fingerprint density at radius 3 is 2.44 bits per heavy atom. The molecule has 6 nitrogen and oxygen atoms in total. The van der Waals surface area contributed by atoms with Crippen molar-refractivity contribution in [2.75, 3.05) is 18.8 Å². The van der Waals surface area contributed by atoms with Gasteiger partial charge < -0.3 is 11.5 Å². The second kappa shape index (κ2) is 5.36. The molecular formula is C11H17N3O3S. The van der Waals surface area contributed by atoms with Crippen molar-refractivity contribution in [3.05, 3.63) is 23.8 Å². The summed E-state index contributed by atoms with van der Waals surface area (Å²) >= 11 is 0. The van der Waals surface area contributed by atoms with Gasteiger partial charge in [0.25, 0.3) is 0 Å². The summed E-state index contributed by atoms with van der Waals surface area (Å²) in [6, 6.07) is 4.66. The predicted octanol–water partition coefficient (Wildman–Crippen LogP) is 0.0731. The summed E-state index contributed by atoms with van der Waals surface area (Å²) in [6.07, 6.45) is 0. The molecule has 0 atom stereocenters. The van der Waals surface area contributed by atoms with Crippen LogP contribution in [-0.4, -0.2) is 31.7 Å². The molecule has 1 rings (SSSR count). The zero-order chi connectivity index (χ0) is 13.9. The lowest BCUT2D eigenvalue weighted by atomic mass is 10.2. The van der Waals surface area contributed by atoms with E-state index in [0.29, 0.717) is 0 Å². The van der Waals surface area contributed by atoms with Gasteiger partial charge in [-0.25, -0.2) is 8.42 Å². The second-order valence-electron chi connectivity index (χ2n) is 3.94. The van der Waals surface area contributed by atoms with Gasteiger partial charge in [-0.15, -0.1) is 0 Å². The molecule has 0 aliphatic heterocycles. The number of carbonyl (C=O) groups is 1. The lowest BCUT2D eigenvalue weighted by molar-refractivity contribution is -0.118. The zero-order valence-corrected chi connectivity index (χ0v) is 11.2. The zero-order valence-electron chi connectivity index (χ0n) is 10.4. The molecule has 100 valence electrons. The highest BCUT2D eigenvalue weighted by atomic mass is 32.2. The maximum Gasteiger partial charge on any atom is 0.245 e. The normalized spacial score (nSPS) is 11.7. The molecule has 0 fully saturated rings. The van der Waals surface area contributed by atoms with Crippen molar-refractivity contribution in [3.63, 3.8) is 0 Å². The summed E-state index contributed by atoms with van der Waals surface area (Å²) in [4.78, 5) is 10.9. The van der Waals surface area contributed by atoms with E-state index >= 15 is 0 Å². The fourth-order valence-corrected chi connectivity index (χ4v) is 3.09. The van der Waals surface area contributed by atoms with Crippen LogP contribution in [0.5, 0.6) is 0 Å². The summed E-state index contributed by atoms with van der Waals surface area (Å²) in [6.45, 7) is 3.24. The van der Waals surface area contributed by atoms with E-state index in [1.54, 1.807) is 19.1 Å². The summed E-state index contributed by atoms with van der Waals surface area (Å²) in [5.74, 6) is -0.703. The number of anilines is 1. The molecule has 1 aromatic carbocycles. The van der Waals surface area contributed by atoms with Gasteiger partial charge in [-0.1, -0.05) is 13.0 Å². The lowest BCUT2D eigenvalue weighted by Gasteiger charge is -2.19. The molecule has 0 unspecified atom stereocenters. The van der Waals surface area contributed by atoms with Crippen LogP contribution in [0.3, 0.4) is 0 Å². The number of nitrogens with zero attached hydrogens (tertiary/aromatic N) is 1. The topological polar surface area (TPSA) is 106 Å². The van der Waals surface area contributed by atoms with Crippen LogP contribution in [0, 0.1) is 6.92 Å². The van der Waals surface area contributed by atoms with Gasteiger partial charge in [0.15, 0.2) is 0 Å². The minimum Gasteiger partial charge on any atom is -0.398 e. The number of benzene rings is 1. The molecule has 0 saturated heterocycles. The van der Waals surface area contributed by atoms with Gasteiger partial charge in [0.2, 0.25) is 15.9 Å². The minimum atomic E-state index is -3.79. The average molecular weight is 271 g/mol. The van der Waals surface area contributed by atoms with Crippen LogP contribution in [0.2, 0.25) is 0 Å². The third kappa shape index (κ3) is 2.99. The van der Waals surface area contributed by atoms with Crippen LogP contribution in [-0.2, 0) is 14.8 Å². The van der Waals surface area contributed by atoms with Crippen LogP contribution in [0.4, 0.5) is 5.69 Å². The molecule has 0 aliphatic carbocycles. The van der Waals surface area contributed by atoms with E-state index in [9.17, 15) is 13.2 Å². The summed E-state index contributed by atoms with van der Waals surface area (Å²) in [7, 11) is -3.79. The van der Waals surface area contributed by atoms with Gasteiger partial charge in [-0.05, 0) is 24.6 Å². The molecule has 1 aromatic rings. The SMILES string of the molecule is CCN(CC(N)=O)S(=O)(=O)c1ccc(C)cc1N. The van der Waals surface area contributed by atoms with E-state index in [0.717, 1.165) is 9.87 Å². The summed E-state index contributed by atoms with van der Waals surface area (Å²) in [5.41, 5.74) is 11.8. The highest BCUT2D eigenvalue weighted by Gasteiger charge is 2.26. The number of hydrogen-bond acceptors (Lipinski definition) is 4. The number of rotatable bonds is 5. The fraction of sp³-hybridized carbons (Fsp3) is 0.364. The van der Waals surface area contributed by atoms with Crippen LogP contribution in [0.15, 0.2) is 23.1 Å². The first-order chi connectivity index (χ1) is 8.28. The van der Waals surface area contributed by atoms with Gasteiger partial charge in [-0.3, -0.25) is 4.79 Å². The quantitative estimate of drug-likeness (QED) is 0.739. The van der Waals surface area contributed by atoms with Gasteiger partial charge in [0, 0.05) is 6.54 Å². The average Bonchev–Trinajstić information content (AvgIpc) is 2.24. The summed E-state index contributed by atoms with van der Waals surface area (Å²) in [5, 5.41) is 0. The minimum absolute atomic E-state index is 0.00352. The van der Waals surface area contributed by atoms with Crippen molar-refractivity contribution in [3.8, 4) is 0 Å². The number of carbonyl (C=O) groups excluding carboxylic acids is 1. The van der Waals surface area contributed by atoms with Gasteiger partial charge in [0.1, 0.15) is 4.90 Å². The molecule has 4 N–H and O–H groups in total. The van der Waals surface area contributed by atoms with Crippen LogP contribution in [0.25, 0.3) is 0 Å². The molecular weight excluding hydrogens is 254 g/mol. The Balaban J connectivity index is 3.23. The van der Waals surface area contributed by atoms with Crippen molar-refractivity contribution in [2.45, 2.75) is 18.7 Å². The van der Waals surface area contributed by atoms with Crippen molar-refractivity contribution in [1.82, 2.24) is 4.31 Å². The predicted molar refractivity (Wildman–Crippen MR) is 69.2 cm³/mol. The van der Waals surface area contributed by atoms with Crippen LogP contribution < -0.4 is 11.5 Å². The lowest BCUT2D eigenvalue weighted by Crippen LogP contribution is -2.38. The molecule has 1 amide bonds. The van der Waals surface area contributed by atoms with E-state index in [1.807, 2.05) is 6.92 Å². The fourth-order valence-electron chi connectivity index (χ4n) is 1.58. The third-order valence-corrected chi connectivity index (χ3v) is 4.46. The van der Waals surface area contributed by atoms with Gasteiger partial charge in [-0.2, -0.15) is 4.31 Å². The molecule has 0 bridgehead atoms. The van der Waals surface area contributed by atoms with Gasteiger partial charge in [0.05, 0.1) is 12.2 Å². The second-order valence-corrected chi connectivity index (χ2v) is 5.85. The van der Waals surface area contributed by atoms with Crippen molar-refractivity contribution in [1.29, 1.82) is 0 Å². The molecule has 0 radical (unpaired) electrons. The van der Waals surface area contributed by atoms with E-state index in [-0.39, 0.29) is 23.7 Å². The van der Waals surface area contributed by atoms with Crippen LogP contribution >= 0.6 is 0 Å². The molecule has 0 heterocycles. The monoisotopic (exact) mass is 271 g/mol. The number of hydrogen-bond donors (Lipinski definition) is 2. The molecule has 18 heavy (non-hydrogen) atoms. The van der Waals surface area contributed by atoms with Crippen LogP contribution in [0.1, 0.15) is 12.5 Å². The molecule has 7 heteroatoms. The van der Waals surface area contributed by atoms with E-state index < -0.39 is 15.9 Å². The standard InChI is InChI=1S/C11H17N3O3S/c1-3-14(7-11(13)15)18(16,17)10-5-4-8(2)6-9(10)12/h4-6H,3,7,12H2,1-2H3,(H2,13,15). The molecule has 0 spiro atoms. The Kier molecular flexibility index (Phi) is 4.31. The van der Waals surface area contributed by atoms with Crippen molar-refractivity contribution in [2.24, 2.45) is 5.73 Å². The number of nitrogens with two attached hydrogens (primary N) is 2. The smallest absolute Gasteiger partial charge is 0.245 e. The van der Waals surface area contributed by atoms with E-state index in [1.165, 1.54) is 6.07 Å². The molecule has 0 saturated carbocycles. The highest BCUT2D eigenvalue weighted by molar-refractivity contribution is 7.89. The number of primary amides is 1. The number of likely N-dealkylation sites (N-methyl/N-ethyl adjacent to an activating group) is 1. The van der Waals surface area contributed by atoms with Gasteiger partial charge >= 0.3 is 0 Å². The number of amides is 1. The number of aryl methyl sites for hydroxylation is 1. The Morgan fingerprint density at radius 2 is 2.00 bits per heavy atom. The Labute approximate surface area is 107 Å². The first-order valence-electron chi connectivity index (χ1n) is 5.43.